The van der Waals surface area contributed by atoms with E-state index in [4.69, 9.17) is 0 Å². The molecule has 3 heterocycles. The largest absolute Gasteiger partial charge is 0.434 e. The number of carbonyl (C=O) groups excluding carboxylic acids is 1. The summed E-state index contributed by atoms with van der Waals surface area (Å²) in [4.78, 5) is 23.7. The van der Waals surface area contributed by atoms with Crippen molar-refractivity contribution in [2.45, 2.75) is 50.4 Å². The number of halogens is 5. The van der Waals surface area contributed by atoms with Crippen LogP contribution in [0.5, 0.6) is 0 Å². The molecule has 1 aliphatic carbocycles. The molecule has 1 saturated carbocycles. The van der Waals surface area contributed by atoms with Crippen molar-refractivity contribution in [1.82, 2.24) is 19.7 Å². The number of pyridine rings is 2. The quantitative estimate of drug-likeness (QED) is 0.470. The van der Waals surface area contributed by atoms with Gasteiger partial charge in [-0.3, -0.25) is 9.20 Å². The third kappa shape index (κ3) is 5.68. The van der Waals surface area contributed by atoms with Crippen LogP contribution in [0.2, 0.25) is 0 Å². The number of nitrogens with zero attached hydrogens (tertiary/aromatic N) is 5. The van der Waals surface area contributed by atoms with Crippen LogP contribution in [0.15, 0.2) is 42.7 Å². The third-order valence-electron chi connectivity index (χ3n) is 6.52. The van der Waals surface area contributed by atoms with Crippen LogP contribution in [-0.4, -0.2) is 59.4 Å². The maximum absolute atomic E-state index is 13.1. The molecule has 1 aliphatic rings. The minimum absolute atomic E-state index is 0.0517. The molecule has 1 N–H and O–H groups in total. The number of aromatic nitrogens is 3. The van der Waals surface area contributed by atoms with Crippen molar-refractivity contribution in [1.29, 1.82) is 0 Å². The average Bonchev–Trinajstić information content (AvgIpc) is 3.29. The fraction of sp³-hybridized carbons (Fsp3) is 0.458. The summed E-state index contributed by atoms with van der Waals surface area (Å²) < 4.78 is 65.9. The summed E-state index contributed by atoms with van der Waals surface area (Å²) >= 11 is 0. The molecule has 0 saturated heterocycles. The molecule has 3 aromatic heterocycles. The van der Waals surface area contributed by atoms with Crippen molar-refractivity contribution >= 4 is 23.2 Å². The van der Waals surface area contributed by atoms with Crippen molar-refractivity contribution in [3.8, 4) is 0 Å². The summed E-state index contributed by atoms with van der Waals surface area (Å²) in [5, 5.41) is 2.99. The van der Waals surface area contributed by atoms with E-state index in [1.807, 2.05) is 11.9 Å². The number of amides is 1. The lowest BCUT2D eigenvalue weighted by atomic mass is 9.90. The molecule has 0 radical (unpaired) electrons. The molecule has 36 heavy (non-hydrogen) atoms. The molecule has 7 nitrogen and oxygen atoms in total. The molecule has 194 valence electrons. The predicted molar refractivity (Wildman–Crippen MR) is 126 cm³/mol. The highest BCUT2D eigenvalue weighted by Crippen LogP contribution is 2.31. The first-order valence-corrected chi connectivity index (χ1v) is 11.6. The Bertz CT molecular complexity index is 1190. The SMILES string of the molecule is CN(CC(F)F)c1ccc(C(=O)NC2CCC(N(C)c3cccc4nc(C(F)(F)F)cn34)CC2)cn1. The molecule has 0 atom stereocenters. The summed E-state index contributed by atoms with van der Waals surface area (Å²) in [5.74, 6) is 0.682. The molecule has 4 rings (SSSR count). The van der Waals surface area contributed by atoms with Crippen LogP contribution < -0.4 is 15.1 Å². The van der Waals surface area contributed by atoms with Gasteiger partial charge in [0.1, 0.15) is 17.3 Å². The Balaban J connectivity index is 1.35. The van der Waals surface area contributed by atoms with Gasteiger partial charge < -0.3 is 15.1 Å². The van der Waals surface area contributed by atoms with Gasteiger partial charge in [0.05, 0.1) is 12.1 Å². The Kier molecular flexibility index (Phi) is 7.32. The number of hydrogen-bond acceptors (Lipinski definition) is 5. The van der Waals surface area contributed by atoms with Gasteiger partial charge in [-0.05, 0) is 49.9 Å². The topological polar surface area (TPSA) is 65.8 Å². The van der Waals surface area contributed by atoms with Crippen molar-refractivity contribution in [2.24, 2.45) is 0 Å². The van der Waals surface area contributed by atoms with Gasteiger partial charge >= 0.3 is 6.18 Å². The van der Waals surface area contributed by atoms with Crippen LogP contribution >= 0.6 is 0 Å². The Hall–Kier alpha value is -3.44. The second-order valence-electron chi connectivity index (χ2n) is 9.00. The number of rotatable bonds is 7. The van der Waals surface area contributed by atoms with Gasteiger partial charge in [-0.25, -0.2) is 18.7 Å². The van der Waals surface area contributed by atoms with Crippen LogP contribution in [0, 0.1) is 0 Å². The first-order chi connectivity index (χ1) is 17.0. The second-order valence-corrected chi connectivity index (χ2v) is 9.00. The zero-order chi connectivity index (χ0) is 26.0. The smallest absolute Gasteiger partial charge is 0.358 e. The highest BCUT2D eigenvalue weighted by atomic mass is 19.4. The summed E-state index contributed by atoms with van der Waals surface area (Å²) in [6.07, 6.45) is -1.73. The minimum Gasteiger partial charge on any atom is -0.358 e. The van der Waals surface area contributed by atoms with Crippen LogP contribution in [0.25, 0.3) is 5.65 Å². The zero-order valence-electron chi connectivity index (χ0n) is 19.8. The van der Waals surface area contributed by atoms with Crippen molar-refractivity contribution in [3.05, 3.63) is 54.0 Å². The van der Waals surface area contributed by atoms with Crippen molar-refractivity contribution in [2.75, 3.05) is 30.4 Å². The molecule has 12 heteroatoms. The molecular formula is C24H27F5N6O. The lowest BCUT2D eigenvalue weighted by molar-refractivity contribution is -0.140. The monoisotopic (exact) mass is 510 g/mol. The van der Waals surface area contributed by atoms with Crippen LogP contribution in [-0.2, 0) is 6.18 Å². The van der Waals surface area contributed by atoms with E-state index in [2.05, 4.69) is 15.3 Å². The first-order valence-electron chi connectivity index (χ1n) is 11.6. The summed E-state index contributed by atoms with van der Waals surface area (Å²) in [6, 6.07) is 8.11. The summed E-state index contributed by atoms with van der Waals surface area (Å²) in [7, 11) is 3.36. The standard InChI is InChI=1S/C24H27F5N6O/c1-33(14-19(25)26)20-11-6-15(12-30-20)23(36)31-16-7-9-17(10-8-16)34(2)22-5-3-4-21-32-18(13-35(21)22)24(27,28)29/h3-6,11-13,16-17,19H,7-10,14H2,1-2H3,(H,31,36). The number of hydrogen-bond donors (Lipinski definition) is 1. The highest BCUT2D eigenvalue weighted by molar-refractivity contribution is 5.94. The van der Waals surface area contributed by atoms with Crippen molar-refractivity contribution in [3.63, 3.8) is 0 Å². The van der Waals surface area contributed by atoms with Gasteiger partial charge in [-0.1, -0.05) is 6.07 Å². The van der Waals surface area contributed by atoms with E-state index in [1.165, 1.54) is 34.7 Å². The maximum atomic E-state index is 13.1. The van der Waals surface area contributed by atoms with Gasteiger partial charge in [-0.2, -0.15) is 13.2 Å². The Labute approximate surface area is 204 Å². The number of alkyl halides is 5. The fourth-order valence-electron chi connectivity index (χ4n) is 4.53. The molecule has 1 fully saturated rings. The molecule has 0 unspecified atom stereocenters. The Morgan fingerprint density at radius 1 is 1.14 bits per heavy atom. The number of anilines is 2. The lowest BCUT2D eigenvalue weighted by Gasteiger charge is -2.36. The lowest BCUT2D eigenvalue weighted by Crippen LogP contribution is -2.43. The summed E-state index contributed by atoms with van der Waals surface area (Å²) in [6.45, 7) is -0.449. The Morgan fingerprint density at radius 3 is 2.47 bits per heavy atom. The van der Waals surface area contributed by atoms with Gasteiger partial charge in [0.2, 0.25) is 0 Å². The van der Waals surface area contributed by atoms with E-state index in [9.17, 15) is 26.7 Å². The maximum Gasteiger partial charge on any atom is 0.434 e. The molecule has 3 aromatic rings. The van der Waals surface area contributed by atoms with Crippen LogP contribution in [0.4, 0.5) is 33.6 Å². The van der Waals surface area contributed by atoms with E-state index >= 15 is 0 Å². The van der Waals surface area contributed by atoms with Gasteiger partial charge in [0.25, 0.3) is 12.3 Å². The van der Waals surface area contributed by atoms with Gasteiger partial charge in [0, 0.05) is 38.6 Å². The second kappa shape index (κ2) is 10.3. The third-order valence-corrected chi connectivity index (χ3v) is 6.52. The number of fused-ring (bicyclic) bond motifs is 1. The fourth-order valence-corrected chi connectivity index (χ4v) is 4.53. The van der Waals surface area contributed by atoms with E-state index in [0.29, 0.717) is 30.0 Å². The number of imidazole rings is 1. The van der Waals surface area contributed by atoms with Crippen LogP contribution in [0.1, 0.15) is 41.7 Å². The first kappa shape index (κ1) is 25.6. The predicted octanol–water partition coefficient (Wildman–Crippen LogP) is 4.63. The highest BCUT2D eigenvalue weighted by Gasteiger charge is 2.34. The van der Waals surface area contributed by atoms with Gasteiger partial charge in [-0.15, -0.1) is 0 Å². The molecule has 0 spiro atoms. The average molecular weight is 511 g/mol. The van der Waals surface area contributed by atoms with E-state index < -0.39 is 24.8 Å². The zero-order valence-corrected chi connectivity index (χ0v) is 19.8. The van der Waals surface area contributed by atoms with Gasteiger partial charge in [0.15, 0.2) is 5.69 Å². The summed E-state index contributed by atoms with van der Waals surface area (Å²) in [5.41, 5.74) is -0.360. The molecule has 0 bridgehead atoms. The minimum atomic E-state index is -4.52. The number of nitrogens with one attached hydrogen (secondary N) is 1. The van der Waals surface area contributed by atoms with Crippen LogP contribution in [0.3, 0.4) is 0 Å². The van der Waals surface area contributed by atoms with E-state index in [0.717, 1.165) is 19.0 Å². The molecule has 1 amide bonds. The molecular weight excluding hydrogens is 483 g/mol. The normalized spacial score (nSPS) is 18.4. The van der Waals surface area contributed by atoms with E-state index in [-0.39, 0.29) is 23.6 Å². The Morgan fingerprint density at radius 2 is 1.86 bits per heavy atom. The van der Waals surface area contributed by atoms with E-state index in [1.54, 1.807) is 18.2 Å². The molecule has 0 aromatic carbocycles. The van der Waals surface area contributed by atoms with Crippen molar-refractivity contribution < 1.29 is 26.7 Å². The number of carbonyl (C=O) groups is 1. The molecule has 0 aliphatic heterocycles.